The first-order valence-corrected chi connectivity index (χ1v) is 6.73. The molecule has 2 amide bonds. The molecule has 0 aromatic rings. The Morgan fingerprint density at radius 1 is 1.45 bits per heavy atom. The predicted octanol–water partition coefficient (Wildman–Crippen LogP) is 0.448. The molecule has 1 heterocycles. The number of carboxylic acid groups (broad SMARTS) is 1. The number of nitrogens with zero attached hydrogens (tertiary/aromatic N) is 2. The minimum Gasteiger partial charge on any atom is -0.480 e. The summed E-state index contributed by atoms with van der Waals surface area (Å²) in [7, 11) is 2.08. The lowest BCUT2D eigenvalue weighted by Gasteiger charge is -2.38. The zero-order valence-corrected chi connectivity index (χ0v) is 12.2. The van der Waals surface area contributed by atoms with Crippen LogP contribution >= 0.6 is 0 Å². The van der Waals surface area contributed by atoms with E-state index < -0.39 is 12.0 Å². The topological polar surface area (TPSA) is 72.9 Å². The van der Waals surface area contributed by atoms with Crippen LogP contribution < -0.4 is 5.32 Å². The van der Waals surface area contributed by atoms with Crippen LogP contribution in [0.3, 0.4) is 0 Å². The summed E-state index contributed by atoms with van der Waals surface area (Å²) in [6.45, 7) is 4.32. The fourth-order valence-corrected chi connectivity index (χ4v) is 2.21. The van der Waals surface area contributed by atoms with Gasteiger partial charge in [0.25, 0.3) is 0 Å². The average molecular weight is 281 g/mol. The van der Waals surface area contributed by atoms with E-state index in [1.807, 2.05) is 0 Å². The number of carbonyl (C=O) groups is 2. The number of hydrogen-bond donors (Lipinski definition) is 2. The second-order valence-corrected chi connectivity index (χ2v) is 5.73. The molecular weight excluding hydrogens is 258 g/mol. The van der Waals surface area contributed by atoms with E-state index in [4.69, 9.17) is 11.5 Å². The largest absolute Gasteiger partial charge is 0.480 e. The number of urea groups is 1. The smallest absolute Gasteiger partial charge is 0.323 e. The van der Waals surface area contributed by atoms with Crippen LogP contribution in [0.4, 0.5) is 4.79 Å². The van der Waals surface area contributed by atoms with Crippen LogP contribution in [0.15, 0.2) is 0 Å². The second-order valence-electron chi connectivity index (χ2n) is 5.73. The molecule has 1 aliphatic rings. The molecule has 1 rings (SSSR count). The van der Waals surface area contributed by atoms with Gasteiger partial charge < -0.3 is 20.2 Å². The molecule has 1 aliphatic heterocycles. The first kappa shape index (κ1) is 16.3. The molecule has 0 unspecified atom stereocenters. The number of rotatable bonds is 5. The number of carbonyl (C=O) groups excluding carboxylic acids is 1. The van der Waals surface area contributed by atoms with E-state index in [0.29, 0.717) is 6.54 Å². The first-order chi connectivity index (χ1) is 9.36. The number of aliphatic carboxylic acids is 1. The summed E-state index contributed by atoms with van der Waals surface area (Å²) >= 11 is 0. The van der Waals surface area contributed by atoms with Gasteiger partial charge in [-0.3, -0.25) is 4.79 Å². The van der Waals surface area contributed by atoms with E-state index in [9.17, 15) is 9.59 Å². The van der Waals surface area contributed by atoms with Gasteiger partial charge in [0.1, 0.15) is 6.54 Å². The lowest BCUT2D eigenvalue weighted by Crippen LogP contribution is -2.48. The summed E-state index contributed by atoms with van der Waals surface area (Å²) in [5.41, 5.74) is 0.0627. The third kappa shape index (κ3) is 5.10. The van der Waals surface area contributed by atoms with Crippen LogP contribution in [0.2, 0.25) is 0 Å². The number of nitrogens with one attached hydrogen (secondary N) is 1. The van der Waals surface area contributed by atoms with E-state index >= 15 is 0 Å². The van der Waals surface area contributed by atoms with Gasteiger partial charge in [-0.15, -0.1) is 6.42 Å². The Labute approximate surface area is 120 Å². The maximum atomic E-state index is 12.0. The van der Waals surface area contributed by atoms with Gasteiger partial charge in [-0.1, -0.05) is 12.8 Å². The average Bonchev–Trinajstić information content (AvgIpc) is 2.39. The molecule has 1 fully saturated rings. The first-order valence-electron chi connectivity index (χ1n) is 6.73. The third-order valence-corrected chi connectivity index (χ3v) is 3.76. The molecule has 0 aromatic heterocycles. The number of terminal acetylenes is 1. The molecule has 0 bridgehead atoms. The Kier molecular flexibility index (Phi) is 5.83. The molecule has 0 aliphatic carbocycles. The molecular formula is C14H23N3O3. The number of piperidine rings is 1. The lowest BCUT2D eigenvalue weighted by molar-refractivity contribution is -0.137. The molecule has 0 atom stereocenters. The van der Waals surface area contributed by atoms with Gasteiger partial charge in [-0.25, -0.2) is 4.79 Å². The van der Waals surface area contributed by atoms with Gasteiger partial charge in [0, 0.05) is 6.54 Å². The molecule has 6 heteroatoms. The van der Waals surface area contributed by atoms with Crippen molar-refractivity contribution in [2.45, 2.75) is 19.8 Å². The summed E-state index contributed by atoms with van der Waals surface area (Å²) < 4.78 is 0. The van der Waals surface area contributed by atoms with Crippen LogP contribution in [-0.2, 0) is 4.79 Å². The van der Waals surface area contributed by atoms with Crippen molar-refractivity contribution < 1.29 is 14.7 Å². The minimum atomic E-state index is -1.07. The standard InChI is InChI=1S/C14H23N3O3/c1-4-7-17(10-12(18)19)13(20)15-11-14(2)5-8-16(3)9-6-14/h1H,5-11H2,2-3H3,(H,15,20)(H,18,19). The Hall–Kier alpha value is -1.74. The van der Waals surface area contributed by atoms with Crippen molar-refractivity contribution in [3.63, 3.8) is 0 Å². The van der Waals surface area contributed by atoms with E-state index in [2.05, 4.69) is 30.1 Å². The monoisotopic (exact) mass is 281 g/mol. The molecule has 20 heavy (non-hydrogen) atoms. The number of carboxylic acids is 1. The summed E-state index contributed by atoms with van der Waals surface area (Å²) in [4.78, 5) is 26.0. The quantitative estimate of drug-likeness (QED) is 0.718. The Morgan fingerprint density at radius 3 is 2.55 bits per heavy atom. The van der Waals surface area contributed by atoms with Gasteiger partial charge in [0.2, 0.25) is 0 Å². The molecule has 0 spiro atoms. The maximum absolute atomic E-state index is 12.0. The second kappa shape index (κ2) is 7.15. The zero-order valence-electron chi connectivity index (χ0n) is 12.2. The van der Waals surface area contributed by atoms with Crippen molar-refractivity contribution in [1.82, 2.24) is 15.1 Å². The van der Waals surface area contributed by atoms with E-state index in [1.165, 1.54) is 0 Å². The van der Waals surface area contributed by atoms with Crippen LogP contribution in [0, 0.1) is 17.8 Å². The van der Waals surface area contributed by atoms with E-state index in [-0.39, 0.29) is 18.5 Å². The number of amides is 2. The Morgan fingerprint density at radius 2 is 2.05 bits per heavy atom. The summed E-state index contributed by atoms with van der Waals surface area (Å²) in [5, 5.41) is 11.6. The van der Waals surface area contributed by atoms with Crippen molar-refractivity contribution in [2.75, 3.05) is 39.8 Å². The molecule has 0 saturated carbocycles. The van der Waals surface area contributed by atoms with Crippen LogP contribution in [0.1, 0.15) is 19.8 Å². The Balaban J connectivity index is 2.48. The van der Waals surface area contributed by atoms with E-state index in [1.54, 1.807) is 0 Å². The normalized spacial score (nSPS) is 18.1. The van der Waals surface area contributed by atoms with Crippen molar-refractivity contribution in [3.05, 3.63) is 0 Å². The molecule has 1 saturated heterocycles. The highest BCUT2D eigenvalue weighted by Gasteiger charge is 2.29. The Bertz CT molecular complexity index is 395. The highest BCUT2D eigenvalue weighted by atomic mass is 16.4. The van der Waals surface area contributed by atoms with Crippen LogP contribution in [0.5, 0.6) is 0 Å². The fourth-order valence-electron chi connectivity index (χ4n) is 2.21. The summed E-state index contributed by atoms with van der Waals surface area (Å²) in [6.07, 6.45) is 7.18. The number of likely N-dealkylation sites (tertiary alicyclic amines) is 1. The summed E-state index contributed by atoms with van der Waals surface area (Å²) in [5.74, 6) is 1.23. The number of hydrogen-bond acceptors (Lipinski definition) is 3. The van der Waals surface area contributed by atoms with Crippen molar-refractivity contribution in [3.8, 4) is 12.3 Å². The summed E-state index contributed by atoms with van der Waals surface area (Å²) in [6, 6.07) is -0.412. The van der Waals surface area contributed by atoms with Crippen LogP contribution in [-0.4, -0.2) is 66.7 Å². The molecule has 0 aromatic carbocycles. The molecule has 0 radical (unpaired) electrons. The third-order valence-electron chi connectivity index (χ3n) is 3.76. The van der Waals surface area contributed by atoms with Gasteiger partial charge >= 0.3 is 12.0 Å². The van der Waals surface area contributed by atoms with Crippen molar-refractivity contribution in [2.24, 2.45) is 5.41 Å². The molecule has 112 valence electrons. The highest BCUT2D eigenvalue weighted by molar-refractivity contribution is 5.80. The minimum absolute atomic E-state index is 0.00240. The van der Waals surface area contributed by atoms with Crippen LogP contribution in [0.25, 0.3) is 0 Å². The lowest BCUT2D eigenvalue weighted by atomic mass is 9.80. The van der Waals surface area contributed by atoms with Crippen molar-refractivity contribution >= 4 is 12.0 Å². The molecule has 2 N–H and O–H groups in total. The van der Waals surface area contributed by atoms with Gasteiger partial charge in [-0.05, 0) is 38.4 Å². The molecule has 6 nitrogen and oxygen atoms in total. The van der Waals surface area contributed by atoms with Gasteiger partial charge in [0.15, 0.2) is 0 Å². The SMILES string of the molecule is C#CCN(CC(=O)O)C(=O)NCC1(C)CCN(C)CC1. The zero-order chi connectivity index (χ0) is 15.2. The maximum Gasteiger partial charge on any atom is 0.323 e. The van der Waals surface area contributed by atoms with Gasteiger partial charge in [0.05, 0.1) is 6.54 Å². The predicted molar refractivity (Wildman–Crippen MR) is 76.3 cm³/mol. The highest BCUT2D eigenvalue weighted by Crippen LogP contribution is 2.29. The van der Waals surface area contributed by atoms with Crippen molar-refractivity contribution in [1.29, 1.82) is 0 Å². The van der Waals surface area contributed by atoms with E-state index in [0.717, 1.165) is 30.8 Å². The van der Waals surface area contributed by atoms with Gasteiger partial charge in [-0.2, -0.15) is 0 Å². The fraction of sp³-hybridized carbons (Fsp3) is 0.714.